The van der Waals surface area contributed by atoms with Gasteiger partial charge >= 0.3 is 0 Å². The maximum absolute atomic E-state index is 13.3. The van der Waals surface area contributed by atoms with Crippen LogP contribution in [0.1, 0.15) is 12.0 Å². The number of carbonyl (C=O) groups is 1. The van der Waals surface area contributed by atoms with Crippen LogP contribution in [0, 0.1) is 0 Å². The molecule has 1 spiro atoms. The third-order valence-corrected chi connectivity index (χ3v) is 7.72. The smallest absolute Gasteiger partial charge is 0.243 e. The van der Waals surface area contributed by atoms with Crippen LogP contribution in [0.4, 0.5) is 5.69 Å². The fraction of sp³-hybridized carbons (Fsp3) is 0.350. The highest BCUT2D eigenvalue weighted by atomic mass is 32.2. The van der Waals surface area contributed by atoms with Crippen molar-refractivity contribution in [2.24, 2.45) is 0 Å². The van der Waals surface area contributed by atoms with Crippen molar-refractivity contribution < 1.29 is 22.7 Å². The van der Waals surface area contributed by atoms with E-state index in [0.717, 1.165) is 11.3 Å². The Bertz CT molecular complexity index is 1080. The van der Waals surface area contributed by atoms with E-state index in [1.54, 1.807) is 18.0 Å². The Morgan fingerprint density at radius 3 is 2.61 bits per heavy atom. The molecule has 8 heteroatoms. The Labute approximate surface area is 163 Å². The first kappa shape index (κ1) is 17.5. The summed E-state index contributed by atoms with van der Waals surface area (Å²) in [6.07, 6.45) is 0.469. The third-order valence-electron chi connectivity index (χ3n) is 5.88. The lowest BCUT2D eigenvalue weighted by Crippen LogP contribution is -2.42. The van der Waals surface area contributed by atoms with Gasteiger partial charge in [-0.3, -0.25) is 4.79 Å². The minimum absolute atomic E-state index is 0.0476. The van der Waals surface area contributed by atoms with Crippen molar-refractivity contribution in [2.45, 2.75) is 16.7 Å². The molecular formula is C20H20N2O5S. The molecule has 2 aromatic rings. The lowest BCUT2D eigenvalue weighted by Gasteiger charge is -2.24. The fourth-order valence-electron chi connectivity index (χ4n) is 4.42. The van der Waals surface area contributed by atoms with E-state index in [-0.39, 0.29) is 17.3 Å². The summed E-state index contributed by atoms with van der Waals surface area (Å²) in [5.74, 6) is 0.932. The van der Waals surface area contributed by atoms with Gasteiger partial charge in [-0.1, -0.05) is 18.2 Å². The highest BCUT2D eigenvalue weighted by molar-refractivity contribution is 7.89. The number of carbonyl (C=O) groups excluding carboxylic acids is 1. The molecule has 1 fully saturated rings. The van der Waals surface area contributed by atoms with E-state index >= 15 is 0 Å². The zero-order valence-electron chi connectivity index (χ0n) is 15.4. The maximum Gasteiger partial charge on any atom is 0.243 e. The van der Waals surface area contributed by atoms with E-state index in [1.807, 2.05) is 24.3 Å². The molecule has 1 saturated heterocycles. The summed E-state index contributed by atoms with van der Waals surface area (Å²) in [6, 6.07) is 12.3. The van der Waals surface area contributed by atoms with Crippen molar-refractivity contribution in [3.05, 3.63) is 48.0 Å². The van der Waals surface area contributed by atoms with Gasteiger partial charge in [-0.25, -0.2) is 8.42 Å². The molecule has 0 bridgehead atoms. The van der Waals surface area contributed by atoms with E-state index in [2.05, 4.69) is 0 Å². The number of ether oxygens (including phenoxy) is 2. The molecule has 146 valence electrons. The molecule has 3 aliphatic rings. The van der Waals surface area contributed by atoms with Crippen LogP contribution in [0.25, 0.3) is 0 Å². The van der Waals surface area contributed by atoms with Gasteiger partial charge in [-0.2, -0.15) is 4.31 Å². The summed E-state index contributed by atoms with van der Waals surface area (Å²) >= 11 is 0. The zero-order chi connectivity index (χ0) is 19.5. The Balaban J connectivity index is 1.50. The molecule has 1 amide bonds. The number of sulfonamides is 1. The monoisotopic (exact) mass is 400 g/mol. The van der Waals surface area contributed by atoms with E-state index in [1.165, 1.54) is 16.4 Å². The van der Waals surface area contributed by atoms with Crippen LogP contribution in [0.2, 0.25) is 0 Å². The highest BCUT2D eigenvalue weighted by Gasteiger charge is 2.55. The van der Waals surface area contributed by atoms with Crippen molar-refractivity contribution in [1.29, 1.82) is 0 Å². The number of nitrogens with zero attached hydrogens (tertiary/aromatic N) is 2. The lowest BCUT2D eigenvalue weighted by molar-refractivity contribution is -0.122. The van der Waals surface area contributed by atoms with Crippen LogP contribution in [0.15, 0.2) is 47.4 Å². The number of benzene rings is 2. The van der Waals surface area contributed by atoms with Crippen LogP contribution in [0.3, 0.4) is 0 Å². The molecule has 0 N–H and O–H groups in total. The summed E-state index contributed by atoms with van der Waals surface area (Å²) in [5, 5.41) is 0. The van der Waals surface area contributed by atoms with Gasteiger partial charge in [-0.15, -0.1) is 0 Å². The molecule has 0 aromatic heterocycles. The van der Waals surface area contributed by atoms with E-state index < -0.39 is 15.4 Å². The van der Waals surface area contributed by atoms with Gasteiger partial charge in [-0.05, 0) is 30.2 Å². The van der Waals surface area contributed by atoms with Crippen LogP contribution in [0.5, 0.6) is 11.5 Å². The normalized spacial score (nSPS) is 24.0. The predicted molar refractivity (Wildman–Crippen MR) is 102 cm³/mol. The number of fused-ring (bicyclic) bond motifs is 3. The second kappa shape index (κ2) is 5.96. The van der Waals surface area contributed by atoms with Crippen molar-refractivity contribution in [3.8, 4) is 11.5 Å². The van der Waals surface area contributed by atoms with Crippen molar-refractivity contribution in [2.75, 3.05) is 38.3 Å². The first-order chi connectivity index (χ1) is 13.4. The summed E-state index contributed by atoms with van der Waals surface area (Å²) in [6.45, 7) is 1.28. The number of rotatable bonds is 2. The average Bonchev–Trinajstić information content (AvgIpc) is 3.26. The quantitative estimate of drug-likeness (QED) is 0.768. The number of amides is 1. The maximum atomic E-state index is 13.3. The molecule has 0 saturated carbocycles. The lowest BCUT2D eigenvalue weighted by atomic mass is 9.81. The molecule has 1 unspecified atom stereocenters. The topological polar surface area (TPSA) is 76.2 Å². The third kappa shape index (κ3) is 2.31. The average molecular weight is 400 g/mol. The summed E-state index contributed by atoms with van der Waals surface area (Å²) in [7, 11) is -2.01. The number of hydrogen-bond donors (Lipinski definition) is 0. The van der Waals surface area contributed by atoms with Crippen molar-refractivity contribution in [1.82, 2.24) is 4.31 Å². The zero-order valence-corrected chi connectivity index (χ0v) is 16.2. The Kier molecular flexibility index (Phi) is 3.73. The van der Waals surface area contributed by atoms with Crippen LogP contribution < -0.4 is 14.4 Å². The largest absolute Gasteiger partial charge is 0.486 e. The Morgan fingerprint density at radius 1 is 1.04 bits per heavy atom. The standard InChI is InChI=1S/C20H20N2O5S/c1-21-16-5-3-2-4-15(16)20(19(21)23)8-9-22(13-20)28(24,25)14-6-7-17-18(12-14)27-11-10-26-17/h2-7,12H,8-11,13H2,1H3. The van der Waals surface area contributed by atoms with E-state index in [4.69, 9.17) is 9.47 Å². The first-order valence-electron chi connectivity index (χ1n) is 9.21. The Morgan fingerprint density at radius 2 is 1.79 bits per heavy atom. The van der Waals surface area contributed by atoms with E-state index in [0.29, 0.717) is 37.7 Å². The minimum atomic E-state index is -3.75. The van der Waals surface area contributed by atoms with Crippen LogP contribution in [-0.2, 0) is 20.2 Å². The number of likely N-dealkylation sites (N-methyl/N-ethyl adjacent to an activating group) is 1. The molecular weight excluding hydrogens is 380 g/mol. The molecule has 7 nitrogen and oxygen atoms in total. The molecule has 0 radical (unpaired) electrons. The van der Waals surface area contributed by atoms with Gasteiger partial charge in [0.15, 0.2) is 11.5 Å². The summed E-state index contributed by atoms with van der Waals surface area (Å²) in [4.78, 5) is 14.8. The van der Waals surface area contributed by atoms with Gasteiger partial charge < -0.3 is 14.4 Å². The van der Waals surface area contributed by atoms with E-state index in [9.17, 15) is 13.2 Å². The minimum Gasteiger partial charge on any atom is -0.486 e. The second-order valence-electron chi connectivity index (χ2n) is 7.36. The molecule has 2 aromatic carbocycles. The predicted octanol–water partition coefficient (Wildman–Crippen LogP) is 1.77. The SMILES string of the molecule is CN1C(=O)C2(CCN(S(=O)(=O)c3ccc4c(c3)OCCO4)C2)c2ccccc21. The number of para-hydroxylation sites is 1. The van der Waals surface area contributed by atoms with Crippen molar-refractivity contribution in [3.63, 3.8) is 0 Å². The molecule has 3 aliphatic heterocycles. The van der Waals surface area contributed by atoms with Crippen molar-refractivity contribution >= 4 is 21.6 Å². The van der Waals surface area contributed by atoms with Crippen LogP contribution in [-0.4, -0.2) is 52.0 Å². The molecule has 0 aliphatic carbocycles. The number of anilines is 1. The van der Waals surface area contributed by atoms with Crippen LogP contribution >= 0.6 is 0 Å². The Hall–Kier alpha value is -2.58. The van der Waals surface area contributed by atoms with Gasteiger partial charge in [0, 0.05) is 31.9 Å². The van der Waals surface area contributed by atoms with Gasteiger partial charge in [0.05, 0.1) is 10.3 Å². The fourth-order valence-corrected chi connectivity index (χ4v) is 5.94. The molecule has 3 heterocycles. The van der Waals surface area contributed by atoms with Gasteiger partial charge in [0.1, 0.15) is 13.2 Å². The molecule has 1 atom stereocenters. The molecule has 5 rings (SSSR count). The molecule has 28 heavy (non-hydrogen) atoms. The van der Waals surface area contributed by atoms with Gasteiger partial charge in [0.2, 0.25) is 15.9 Å². The second-order valence-corrected chi connectivity index (χ2v) is 9.30. The first-order valence-corrected chi connectivity index (χ1v) is 10.6. The van der Waals surface area contributed by atoms with Gasteiger partial charge in [0.25, 0.3) is 0 Å². The summed E-state index contributed by atoms with van der Waals surface area (Å²) < 4.78 is 38.9. The summed E-state index contributed by atoms with van der Waals surface area (Å²) in [5.41, 5.74) is 0.945. The number of hydrogen-bond acceptors (Lipinski definition) is 5. The highest BCUT2D eigenvalue weighted by Crippen LogP contribution is 2.47.